The van der Waals surface area contributed by atoms with E-state index in [1.807, 2.05) is 0 Å². The molecule has 0 aromatic heterocycles. The first kappa shape index (κ1) is 14.9. The van der Waals surface area contributed by atoms with Crippen LogP contribution in [0, 0.1) is 5.92 Å². The standard InChI is InChI=1S/C18H27NO2/c1-3-9-19-17(15-11-13(2)21-12-15)16-8-4-6-14-7-5-10-20-18(14)16/h4,6,8,13,15,17,19H,3,5,7,9-12H2,1-2H3. The van der Waals surface area contributed by atoms with Crippen LogP contribution in [0.5, 0.6) is 5.75 Å². The van der Waals surface area contributed by atoms with Gasteiger partial charge in [-0.15, -0.1) is 0 Å². The molecule has 0 saturated carbocycles. The van der Waals surface area contributed by atoms with Crippen molar-refractivity contribution in [1.29, 1.82) is 0 Å². The Hall–Kier alpha value is -1.06. The van der Waals surface area contributed by atoms with Crippen molar-refractivity contribution in [2.24, 2.45) is 5.92 Å². The molecular weight excluding hydrogens is 262 g/mol. The monoisotopic (exact) mass is 289 g/mol. The molecular formula is C18H27NO2. The summed E-state index contributed by atoms with van der Waals surface area (Å²) in [6.07, 6.45) is 4.93. The molecule has 1 N–H and O–H groups in total. The molecule has 1 aromatic carbocycles. The van der Waals surface area contributed by atoms with E-state index in [4.69, 9.17) is 9.47 Å². The lowest BCUT2D eigenvalue weighted by molar-refractivity contribution is 0.116. The molecule has 2 aliphatic rings. The second kappa shape index (κ2) is 6.80. The van der Waals surface area contributed by atoms with Crippen molar-refractivity contribution in [3.05, 3.63) is 29.3 Å². The largest absolute Gasteiger partial charge is 0.493 e. The molecule has 3 unspecified atom stereocenters. The average molecular weight is 289 g/mol. The predicted octanol–water partition coefficient (Wildman–Crippen LogP) is 3.48. The van der Waals surface area contributed by atoms with Crippen LogP contribution < -0.4 is 10.1 Å². The lowest BCUT2D eigenvalue weighted by atomic mass is 9.88. The molecule has 3 rings (SSSR count). The number of aryl methyl sites for hydroxylation is 1. The van der Waals surface area contributed by atoms with Gasteiger partial charge in [-0.05, 0) is 44.7 Å². The Morgan fingerprint density at radius 3 is 3.05 bits per heavy atom. The zero-order valence-electron chi connectivity index (χ0n) is 13.2. The Morgan fingerprint density at radius 1 is 1.38 bits per heavy atom. The summed E-state index contributed by atoms with van der Waals surface area (Å²) in [7, 11) is 0. The Balaban J connectivity index is 1.88. The normalized spacial score (nSPS) is 26.2. The highest BCUT2D eigenvalue weighted by Crippen LogP contribution is 2.39. The van der Waals surface area contributed by atoms with Gasteiger partial charge in [-0.25, -0.2) is 0 Å². The summed E-state index contributed by atoms with van der Waals surface area (Å²) in [4.78, 5) is 0. The van der Waals surface area contributed by atoms with E-state index >= 15 is 0 Å². The van der Waals surface area contributed by atoms with E-state index in [1.165, 1.54) is 11.1 Å². The minimum absolute atomic E-state index is 0.350. The van der Waals surface area contributed by atoms with Crippen molar-refractivity contribution in [3.63, 3.8) is 0 Å². The molecule has 2 aliphatic heterocycles. The van der Waals surface area contributed by atoms with Crippen LogP contribution in [0.15, 0.2) is 18.2 Å². The summed E-state index contributed by atoms with van der Waals surface area (Å²) < 4.78 is 11.8. The summed E-state index contributed by atoms with van der Waals surface area (Å²) in [5.41, 5.74) is 2.71. The second-order valence-corrected chi connectivity index (χ2v) is 6.36. The van der Waals surface area contributed by atoms with Crippen LogP contribution in [0.1, 0.15) is 50.3 Å². The first-order valence-corrected chi connectivity index (χ1v) is 8.39. The minimum Gasteiger partial charge on any atom is -0.493 e. The fourth-order valence-electron chi connectivity index (χ4n) is 3.57. The highest BCUT2D eigenvalue weighted by Gasteiger charge is 2.32. The fourth-order valence-corrected chi connectivity index (χ4v) is 3.57. The molecule has 3 heteroatoms. The highest BCUT2D eigenvalue weighted by atomic mass is 16.5. The molecule has 1 aromatic rings. The average Bonchev–Trinajstić information content (AvgIpc) is 2.94. The van der Waals surface area contributed by atoms with Crippen LogP contribution in [0.3, 0.4) is 0 Å². The Kier molecular flexibility index (Phi) is 4.81. The zero-order chi connectivity index (χ0) is 14.7. The summed E-state index contributed by atoms with van der Waals surface area (Å²) >= 11 is 0. The lowest BCUT2D eigenvalue weighted by Crippen LogP contribution is -2.30. The third-order valence-electron chi connectivity index (χ3n) is 4.61. The second-order valence-electron chi connectivity index (χ2n) is 6.36. The number of ether oxygens (including phenoxy) is 2. The first-order chi connectivity index (χ1) is 10.3. The quantitative estimate of drug-likeness (QED) is 0.900. The maximum atomic E-state index is 6.02. The number of rotatable bonds is 5. The van der Waals surface area contributed by atoms with E-state index < -0.39 is 0 Å². The molecule has 1 saturated heterocycles. The van der Waals surface area contributed by atoms with Crippen molar-refractivity contribution >= 4 is 0 Å². The molecule has 0 amide bonds. The molecule has 116 valence electrons. The predicted molar refractivity (Wildman–Crippen MR) is 84.8 cm³/mol. The van der Waals surface area contributed by atoms with Gasteiger partial charge >= 0.3 is 0 Å². The van der Waals surface area contributed by atoms with E-state index in [0.717, 1.165) is 51.2 Å². The van der Waals surface area contributed by atoms with Crippen LogP contribution in [0.25, 0.3) is 0 Å². The van der Waals surface area contributed by atoms with Crippen molar-refractivity contribution < 1.29 is 9.47 Å². The highest BCUT2D eigenvalue weighted by molar-refractivity contribution is 5.45. The minimum atomic E-state index is 0.350. The summed E-state index contributed by atoms with van der Waals surface area (Å²) in [6.45, 7) is 7.14. The smallest absolute Gasteiger partial charge is 0.127 e. The van der Waals surface area contributed by atoms with Crippen molar-refractivity contribution in [2.75, 3.05) is 19.8 Å². The first-order valence-electron chi connectivity index (χ1n) is 8.39. The number of hydrogen-bond acceptors (Lipinski definition) is 3. The molecule has 0 spiro atoms. The van der Waals surface area contributed by atoms with Crippen molar-refractivity contribution in [3.8, 4) is 5.75 Å². The molecule has 21 heavy (non-hydrogen) atoms. The molecule has 0 radical (unpaired) electrons. The SMILES string of the molecule is CCCNC(c1cccc2c1OCCC2)C1COC(C)C1. The molecule has 0 aliphatic carbocycles. The Labute approximate surface area is 128 Å². The van der Waals surface area contributed by atoms with Gasteiger partial charge < -0.3 is 14.8 Å². The molecule has 3 nitrogen and oxygen atoms in total. The van der Waals surface area contributed by atoms with E-state index in [1.54, 1.807) is 0 Å². The van der Waals surface area contributed by atoms with Crippen molar-refractivity contribution in [1.82, 2.24) is 5.32 Å². The number of nitrogens with one attached hydrogen (secondary N) is 1. The summed E-state index contributed by atoms with van der Waals surface area (Å²) in [6, 6.07) is 6.98. The van der Waals surface area contributed by atoms with Crippen LogP contribution in [-0.2, 0) is 11.2 Å². The van der Waals surface area contributed by atoms with Crippen molar-refractivity contribution in [2.45, 2.75) is 51.7 Å². The van der Waals surface area contributed by atoms with Crippen LogP contribution in [0.4, 0.5) is 0 Å². The maximum Gasteiger partial charge on any atom is 0.127 e. The van der Waals surface area contributed by atoms with Crippen LogP contribution >= 0.6 is 0 Å². The van der Waals surface area contributed by atoms with Gasteiger partial charge in [0.2, 0.25) is 0 Å². The zero-order valence-corrected chi connectivity index (χ0v) is 13.2. The van der Waals surface area contributed by atoms with Gasteiger partial charge in [0.05, 0.1) is 19.3 Å². The van der Waals surface area contributed by atoms with Gasteiger partial charge in [-0.2, -0.15) is 0 Å². The molecule has 3 atom stereocenters. The Bertz CT molecular complexity index is 474. The number of fused-ring (bicyclic) bond motifs is 1. The van der Waals surface area contributed by atoms with E-state index in [9.17, 15) is 0 Å². The third-order valence-corrected chi connectivity index (χ3v) is 4.61. The van der Waals surface area contributed by atoms with Gasteiger partial charge in [0.15, 0.2) is 0 Å². The van der Waals surface area contributed by atoms with Gasteiger partial charge in [0.1, 0.15) is 5.75 Å². The van der Waals surface area contributed by atoms with E-state index in [-0.39, 0.29) is 0 Å². The van der Waals surface area contributed by atoms with Crippen LogP contribution in [-0.4, -0.2) is 25.9 Å². The molecule has 1 fully saturated rings. The van der Waals surface area contributed by atoms with Gasteiger partial charge in [-0.3, -0.25) is 0 Å². The fraction of sp³-hybridized carbons (Fsp3) is 0.667. The number of hydrogen-bond donors (Lipinski definition) is 1. The van der Waals surface area contributed by atoms with Gasteiger partial charge in [0, 0.05) is 17.5 Å². The molecule has 2 heterocycles. The maximum absolute atomic E-state index is 6.02. The topological polar surface area (TPSA) is 30.5 Å². The van der Waals surface area contributed by atoms with Gasteiger partial charge in [0.25, 0.3) is 0 Å². The van der Waals surface area contributed by atoms with E-state index in [0.29, 0.717) is 18.1 Å². The van der Waals surface area contributed by atoms with Gasteiger partial charge in [-0.1, -0.05) is 25.1 Å². The van der Waals surface area contributed by atoms with E-state index in [2.05, 4.69) is 37.4 Å². The summed E-state index contributed by atoms with van der Waals surface area (Å²) in [5, 5.41) is 3.74. The third kappa shape index (κ3) is 3.24. The number of para-hydroxylation sites is 1. The molecule has 0 bridgehead atoms. The van der Waals surface area contributed by atoms with Crippen LogP contribution in [0.2, 0.25) is 0 Å². The lowest BCUT2D eigenvalue weighted by Gasteiger charge is -2.29. The number of benzene rings is 1. The Morgan fingerprint density at radius 2 is 2.29 bits per heavy atom. The summed E-state index contributed by atoms with van der Waals surface area (Å²) in [5.74, 6) is 1.68.